The average Bonchev–Trinajstić information content (AvgIpc) is 2.32. The maximum absolute atomic E-state index is 10.1. The molecule has 1 aromatic heterocycles. The standard InChI is InChI=1S/C5H4N2O4/c8-4(9)2-1-6-7-3(2)5(10)11/h1H,(H,6,7)(H,8,9)(H,10,11)/p-2. The van der Waals surface area contributed by atoms with Crippen LogP contribution in [0.15, 0.2) is 6.20 Å². The van der Waals surface area contributed by atoms with Crippen molar-refractivity contribution in [1.29, 1.82) is 0 Å². The Bertz CT molecular complexity index is 275. The highest BCUT2D eigenvalue weighted by Gasteiger charge is 2.05. The Balaban J connectivity index is 3.16. The number of aromatic amines is 1. The fourth-order valence-electron chi connectivity index (χ4n) is 0.597. The Labute approximate surface area is 60.5 Å². The van der Waals surface area contributed by atoms with Gasteiger partial charge in [-0.15, -0.1) is 0 Å². The minimum atomic E-state index is -1.62. The Hall–Kier alpha value is -1.85. The number of carbonyl (C=O) groups excluding carboxylic acids is 2. The van der Waals surface area contributed by atoms with Gasteiger partial charge in [-0.05, 0) is 0 Å². The summed E-state index contributed by atoms with van der Waals surface area (Å²) in [5.74, 6) is -3.22. The maximum atomic E-state index is 10.1. The van der Waals surface area contributed by atoms with Crippen LogP contribution in [0.5, 0.6) is 0 Å². The highest BCUT2D eigenvalue weighted by Crippen LogP contribution is 2.00. The number of hydrogen-bond donors (Lipinski definition) is 1. The first-order valence-electron chi connectivity index (χ1n) is 2.59. The van der Waals surface area contributed by atoms with Crippen LogP contribution in [0.4, 0.5) is 0 Å². The van der Waals surface area contributed by atoms with Crippen molar-refractivity contribution < 1.29 is 19.8 Å². The summed E-state index contributed by atoms with van der Waals surface area (Å²) in [6.07, 6.45) is 0.848. The monoisotopic (exact) mass is 154 g/mol. The fourth-order valence-corrected chi connectivity index (χ4v) is 0.597. The Kier molecular flexibility index (Phi) is 1.59. The molecular weight excluding hydrogens is 152 g/mol. The van der Waals surface area contributed by atoms with Crippen LogP contribution in [-0.4, -0.2) is 22.1 Å². The smallest absolute Gasteiger partial charge is 0.0900 e. The molecule has 1 rings (SSSR count). The number of H-pyrrole nitrogens is 1. The van der Waals surface area contributed by atoms with Gasteiger partial charge in [-0.25, -0.2) is 0 Å². The van der Waals surface area contributed by atoms with Gasteiger partial charge in [0.15, 0.2) is 0 Å². The summed E-state index contributed by atoms with van der Waals surface area (Å²) >= 11 is 0. The number of carboxylic acids is 2. The normalized spacial score (nSPS) is 9.45. The van der Waals surface area contributed by atoms with Gasteiger partial charge in [-0.3, -0.25) is 5.10 Å². The van der Waals surface area contributed by atoms with E-state index in [4.69, 9.17) is 0 Å². The lowest BCUT2D eigenvalue weighted by Crippen LogP contribution is -2.29. The van der Waals surface area contributed by atoms with Crippen molar-refractivity contribution in [3.63, 3.8) is 0 Å². The molecule has 0 unspecified atom stereocenters. The molecule has 0 fully saturated rings. The highest BCUT2D eigenvalue weighted by atomic mass is 16.4. The molecule has 0 aliphatic carbocycles. The molecule has 6 heteroatoms. The molecule has 11 heavy (non-hydrogen) atoms. The van der Waals surface area contributed by atoms with Crippen LogP contribution in [0.2, 0.25) is 0 Å². The highest BCUT2D eigenvalue weighted by molar-refractivity contribution is 5.98. The molecule has 1 aromatic rings. The molecule has 0 saturated heterocycles. The first-order chi connectivity index (χ1) is 5.13. The summed E-state index contributed by atoms with van der Waals surface area (Å²) in [5.41, 5.74) is -1.09. The maximum Gasteiger partial charge on any atom is 0.0900 e. The average molecular weight is 154 g/mol. The molecule has 0 aromatic carbocycles. The third-order valence-corrected chi connectivity index (χ3v) is 1.06. The third kappa shape index (κ3) is 1.18. The van der Waals surface area contributed by atoms with Gasteiger partial charge in [0.25, 0.3) is 0 Å². The van der Waals surface area contributed by atoms with Crippen molar-refractivity contribution in [1.82, 2.24) is 10.2 Å². The predicted octanol–water partition coefficient (Wildman–Crippen LogP) is -2.86. The van der Waals surface area contributed by atoms with Crippen molar-refractivity contribution in [3.05, 3.63) is 17.5 Å². The number of aromatic nitrogens is 2. The van der Waals surface area contributed by atoms with Gasteiger partial charge < -0.3 is 19.8 Å². The summed E-state index contributed by atoms with van der Waals surface area (Å²) in [4.78, 5) is 20.2. The molecule has 0 bridgehead atoms. The molecule has 58 valence electrons. The summed E-state index contributed by atoms with van der Waals surface area (Å²) in [6.45, 7) is 0. The van der Waals surface area contributed by atoms with Gasteiger partial charge in [0.1, 0.15) is 0 Å². The largest absolute Gasteiger partial charge is 0.545 e. The summed E-state index contributed by atoms with van der Waals surface area (Å²) < 4.78 is 0. The quantitative estimate of drug-likeness (QED) is 0.492. The molecule has 0 spiro atoms. The molecule has 0 saturated carbocycles. The van der Waals surface area contributed by atoms with Crippen LogP contribution in [-0.2, 0) is 0 Å². The zero-order valence-corrected chi connectivity index (χ0v) is 5.16. The van der Waals surface area contributed by atoms with E-state index in [9.17, 15) is 19.8 Å². The van der Waals surface area contributed by atoms with Gasteiger partial charge >= 0.3 is 0 Å². The van der Waals surface area contributed by atoms with Crippen molar-refractivity contribution >= 4 is 11.9 Å². The molecule has 0 amide bonds. The second-order valence-corrected chi connectivity index (χ2v) is 1.73. The number of carbonyl (C=O) groups is 2. The minimum Gasteiger partial charge on any atom is -0.545 e. The SMILES string of the molecule is O=C([O-])c1cn[nH]c1C(=O)[O-]. The number of rotatable bonds is 2. The van der Waals surface area contributed by atoms with Crippen LogP contribution in [0, 0.1) is 0 Å². The zero-order chi connectivity index (χ0) is 8.43. The molecule has 1 N–H and O–H groups in total. The number of carboxylic acid groups (broad SMARTS) is 2. The van der Waals surface area contributed by atoms with Gasteiger partial charge in [0.05, 0.1) is 23.8 Å². The first kappa shape index (κ1) is 7.26. The molecule has 0 aliphatic heterocycles. The van der Waals surface area contributed by atoms with Gasteiger partial charge in [-0.2, -0.15) is 5.10 Å². The van der Waals surface area contributed by atoms with Gasteiger partial charge in [0.2, 0.25) is 0 Å². The number of hydrogen-bond acceptors (Lipinski definition) is 5. The van der Waals surface area contributed by atoms with E-state index in [1.807, 2.05) is 5.10 Å². The van der Waals surface area contributed by atoms with Crippen LogP contribution in [0.1, 0.15) is 20.8 Å². The third-order valence-electron chi connectivity index (χ3n) is 1.06. The Morgan fingerprint density at radius 1 is 1.36 bits per heavy atom. The van der Waals surface area contributed by atoms with Gasteiger partial charge in [0, 0.05) is 5.56 Å². The summed E-state index contributed by atoms with van der Waals surface area (Å²) in [6, 6.07) is 0. The number of nitrogens with one attached hydrogen (secondary N) is 1. The van der Waals surface area contributed by atoms with E-state index >= 15 is 0 Å². The van der Waals surface area contributed by atoms with E-state index in [2.05, 4.69) is 5.10 Å². The van der Waals surface area contributed by atoms with E-state index in [1.54, 1.807) is 0 Å². The van der Waals surface area contributed by atoms with E-state index in [1.165, 1.54) is 0 Å². The topological polar surface area (TPSA) is 109 Å². The van der Waals surface area contributed by atoms with Crippen LogP contribution in [0.3, 0.4) is 0 Å². The Morgan fingerprint density at radius 2 is 2.00 bits per heavy atom. The van der Waals surface area contributed by atoms with Gasteiger partial charge in [-0.1, -0.05) is 0 Å². The van der Waals surface area contributed by atoms with Crippen molar-refractivity contribution in [2.45, 2.75) is 0 Å². The second kappa shape index (κ2) is 2.41. The van der Waals surface area contributed by atoms with Crippen molar-refractivity contribution in [2.24, 2.45) is 0 Å². The Morgan fingerprint density at radius 3 is 2.36 bits per heavy atom. The molecular formula is C5H2N2O4-2. The van der Waals surface area contributed by atoms with E-state index in [-0.39, 0.29) is 0 Å². The molecule has 1 heterocycles. The molecule has 6 nitrogen and oxygen atoms in total. The lowest BCUT2D eigenvalue weighted by Gasteiger charge is -2.02. The zero-order valence-electron chi connectivity index (χ0n) is 5.16. The van der Waals surface area contributed by atoms with Crippen LogP contribution < -0.4 is 10.2 Å². The molecule has 0 radical (unpaired) electrons. The fraction of sp³-hybridized carbons (Fsp3) is 0. The van der Waals surface area contributed by atoms with Crippen LogP contribution >= 0.6 is 0 Å². The predicted molar refractivity (Wildman–Crippen MR) is 27.2 cm³/mol. The molecule has 0 aliphatic rings. The van der Waals surface area contributed by atoms with Crippen LogP contribution in [0.25, 0.3) is 0 Å². The van der Waals surface area contributed by atoms with E-state index in [0.717, 1.165) is 6.20 Å². The first-order valence-corrected chi connectivity index (χ1v) is 2.59. The molecule has 0 atom stereocenters. The lowest BCUT2D eigenvalue weighted by atomic mass is 10.2. The minimum absolute atomic E-state index is 0.509. The number of aromatic carboxylic acids is 2. The van der Waals surface area contributed by atoms with Crippen molar-refractivity contribution in [2.75, 3.05) is 0 Å². The lowest BCUT2D eigenvalue weighted by molar-refractivity contribution is -0.260. The van der Waals surface area contributed by atoms with Crippen molar-refractivity contribution in [3.8, 4) is 0 Å². The second-order valence-electron chi connectivity index (χ2n) is 1.73. The summed E-state index contributed by atoms with van der Waals surface area (Å²) in [7, 11) is 0. The van der Waals surface area contributed by atoms with E-state index in [0.29, 0.717) is 0 Å². The van der Waals surface area contributed by atoms with E-state index < -0.39 is 23.2 Å². The summed E-state index contributed by atoms with van der Waals surface area (Å²) in [5, 5.41) is 25.4. The number of nitrogens with zero attached hydrogens (tertiary/aromatic N) is 1.